The molecule has 0 fully saturated rings. The van der Waals surface area contributed by atoms with Crippen LogP contribution < -0.4 is 0 Å². The van der Waals surface area contributed by atoms with Crippen molar-refractivity contribution in [2.45, 2.75) is 13.0 Å². The highest BCUT2D eigenvalue weighted by molar-refractivity contribution is 5.74. The van der Waals surface area contributed by atoms with Gasteiger partial charge in [-0.3, -0.25) is 4.99 Å². The fourth-order valence-corrected chi connectivity index (χ4v) is 1.40. The van der Waals surface area contributed by atoms with Gasteiger partial charge in [-0.05, 0) is 18.6 Å². The maximum Gasteiger partial charge on any atom is 0.0933 e. The molecule has 2 rings (SSSR count). The predicted octanol–water partition coefficient (Wildman–Crippen LogP) is 2.68. The molecule has 1 aliphatic rings. The summed E-state index contributed by atoms with van der Waals surface area (Å²) in [6.45, 7) is 2.10. The molecule has 1 aliphatic heterocycles. The van der Waals surface area contributed by atoms with Crippen LogP contribution in [-0.2, 0) is 0 Å². The molecule has 0 spiro atoms. The molecule has 1 heterocycles. The van der Waals surface area contributed by atoms with E-state index in [1.54, 1.807) is 0 Å². The summed E-state index contributed by atoms with van der Waals surface area (Å²) in [6, 6.07) is 8.73. The van der Waals surface area contributed by atoms with Crippen LogP contribution in [0.4, 0.5) is 0 Å². The van der Waals surface area contributed by atoms with Crippen LogP contribution in [0.15, 0.2) is 41.4 Å². The number of hydrogen-bond acceptors (Lipinski definition) is 1. The van der Waals surface area contributed by atoms with Crippen LogP contribution in [0.2, 0.25) is 0 Å². The summed E-state index contributed by atoms with van der Waals surface area (Å²) in [5.41, 5.74) is 2.57. The van der Waals surface area contributed by atoms with E-state index in [2.05, 4.69) is 42.3 Å². The van der Waals surface area contributed by atoms with Crippen molar-refractivity contribution in [2.24, 2.45) is 4.99 Å². The average molecular weight is 157 g/mol. The van der Waals surface area contributed by atoms with Gasteiger partial charge in [-0.15, -0.1) is 0 Å². The zero-order valence-electron chi connectivity index (χ0n) is 7.07. The number of hydrogen-bond donors (Lipinski definition) is 0. The van der Waals surface area contributed by atoms with Crippen LogP contribution in [0.5, 0.6) is 0 Å². The van der Waals surface area contributed by atoms with Crippen LogP contribution in [0.1, 0.15) is 17.2 Å². The molecule has 1 aromatic carbocycles. The Morgan fingerprint density at radius 2 is 2.25 bits per heavy atom. The van der Waals surface area contributed by atoms with Gasteiger partial charge in [-0.1, -0.05) is 35.9 Å². The Morgan fingerprint density at radius 1 is 1.33 bits per heavy atom. The van der Waals surface area contributed by atoms with Gasteiger partial charge in [0, 0.05) is 6.21 Å². The first-order chi connectivity index (χ1) is 5.86. The topological polar surface area (TPSA) is 12.4 Å². The largest absolute Gasteiger partial charge is 0.281 e. The molecule has 0 aromatic heterocycles. The molecular formula is C11H11N. The Balaban J connectivity index is 2.34. The molecule has 1 atom stereocenters. The van der Waals surface area contributed by atoms with Crippen molar-refractivity contribution in [3.05, 3.63) is 47.5 Å². The van der Waals surface area contributed by atoms with Crippen LogP contribution in [0.25, 0.3) is 0 Å². The smallest absolute Gasteiger partial charge is 0.0933 e. The minimum atomic E-state index is 0.255. The van der Waals surface area contributed by atoms with Crippen LogP contribution in [0, 0.1) is 6.92 Å². The number of allylic oxidation sites excluding steroid dienone is 1. The summed E-state index contributed by atoms with van der Waals surface area (Å²) < 4.78 is 0. The first-order valence-corrected chi connectivity index (χ1v) is 4.13. The number of aryl methyl sites for hydroxylation is 1. The molecule has 0 saturated carbocycles. The Morgan fingerprint density at radius 3 is 2.92 bits per heavy atom. The Kier molecular flexibility index (Phi) is 1.78. The third-order valence-corrected chi connectivity index (χ3v) is 2.01. The normalized spacial score (nSPS) is 20.2. The lowest BCUT2D eigenvalue weighted by Gasteiger charge is -2.05. The minimum absolute atomic E-state index is 0.255. The SMILES string of the molecule is Cc1cccc(C2C=CC=N2)c1. The number of nitrogens with zero attached hydrogens (tertiary/aromatic N) is 1. The van der Waals surface area contributed by atoms with Crippen molar-refractivity contribution < 1.29 is 0 Å². The molecule has 12 heavy (non-hydrogen) atoms. The fourth-order valence-electron chi connectivity index (χ4n) is 1.40. The molecule has 0 aliphatic carbocycles. The van der Waals surface area contributed by atoms with Crippen molar-refractivity contribution in [3.8, 4) is 0 Å². The summed E-state index contributed by atoms with van der Waals surface area (Å²) in [7, 11) is 0. The maximum atomic E-state index is 4.31. The van der Waals surface area contributed by atoms with E-state index in [1.807, 2.05) is 12.3 Å². The van der Waals surface area contributed by atoms with Crippen molar-refractivity contribution >= 4 is 6.21 Å². The molecule has 1 nitrogen and oxygen atoms in total. The highest BCUT2D eigenvalue weighted by Gasteiger charge is 2.06. The van der Waals surface area contributed by atoms with Crippen molar-refractivity contribution in [3.63, 3.8) is 0 Å². The van der Waals surface area contributed by atoms with Gasteiger partial charge in [0.05, 0.1) is 6.04 Å². The third-order valence-electron chi connectivity index (χ3n) is 2.01. The zero-order chi connectivity index (χ0) is 8.39. The Hall–Kier alpha value is -1.37. The number of benzene rings is 1. The molecule has 0 N–H and O–H groups in total. The maximum absolute atomic E-state index is 4.31. The molecule has 0 radical (unpaired) electrons. The Labute approximate surface area is 72.5 Å². The second kappa shape index (κ2) is 2.94. The third kappa shape index (κ3) is 1.30. The van der Waals surface area contributed by atoms with Crippen LogP contribution in [-0.4, -0.2) is 6.21 Å². The number of aliphatic imine (C=N–C) groups is 1. The molecule has 0 amide bonds. The van der Waals surface area contributed by atoms with E-state index in [0.717, 1.165) is 0 Å². The summed E-state index contributed by atoms with van der Waals surface area (Å²) in [4.78, 5) is 4.31. The standard InChI is InChI=1S/C11H11N/c1-9-4-2-5-10(8-9)11-6-3-7-12-11/h2-8,11H,1H3. The lowest BCUT2D eigenvalue weighted by molar-refractivity contribution is 0.933. The highest BCUT2D eigenvalue weighted by atomic mass is 14.8. The average Bonchev–Trinajstić information content (AvgIpc) is 2.56. The molecule has 60 valence electrons. The Bertz CT molecular complexity index is 325. The van der Waals surface area contributed by atoms with Gasteiger partial charge in [0.2, 0.25) is 0 Å². The van der Waals surface area contributed by atoms with Crippen molar-refractivity contribution in [2.75, 3.05) is 0 Å². The van der Waals surface area contributed by atoms with Gasteiger partial charge < -0.3 is 0 Å². The fraction of sp³-hybridized carbons (Fsp3) is 0.182. The van der Waals surface area contributed by atoms with E-state index in [-0.39, 0.29) is 6.04 Å². The van der Waals surface area contributed by atoms with Crippen LogP contribution >= 0.6 is 0 Å². The second-order valence-electron chi connectivity index (χ2n) is 3.04. The molecule has 0 saturated heterocycles. The monoisotopic (exact) mass is 157 g/mol. The first-order valence-electron chi connectivity index (χ1n) is 4.13. The first kappa shape index (κ1) is 7.29. The van der Waals surface area contributed by atoms with E-state index < -0.39 is 0 Å². The molecule has 1 unspecified atom stereocenters. The van der Waals surface area contributed by atoms with Gasteiger partial charge in [-0.2, -0.15) is 0 Å². The van der Waals surface area contributed by atoms with Crippen molar-refractivity contribution in [1.29, 1.82) is 0 Å². The molecule has 1 aromatic rings. The van der Waals surface area contributed by atoms with E-state index in [1.165, 1.54) is 11.1 Å². The van der Waals surface area contributed by atoms with Crippen molar-refractivity contribution in [1.82, 2.24) is 0 Å². The van der Waals surface area contributed by atoms with Gasteiger partial charge in [0.1, 0.15) is 0 Å². The summed E-state index contributed by atoms with van der Waals surface area (Å²) in [5, 5.41) is 0. The van der Waals surface area contributed by atoms with Gasteiger partial charge in [0.25, 0.3) is 0 Å². The van der Waals surface area contributed by atoms with E-state index >= 15 is 0 Å². The van der Waals surface area contributed by atoms with Gasteiger partial charge in [-0.25, -0.2) is 0 Å². The minimum Gasteiger partial charge on any atom is -0.281 e. The van der Waals surface area contributed by atoms with E-state index in [4.69, 9.17) is 0 Å². The van der Waals surface area contributed by atoms with E-state index in [9.17, 15) is 0 Å². The second-order valence-corrected chi connectivity index (χ2v) is 3.04. The number of rotatable bonds is 1. The van der Waals surface area contributed by atoms with Gasteiger partial charge in [0.15, 0.2) is 0 Å². The zero-order valence-corrected chi connectivity index (χ0v) is 7.07. The predicted molar refractivity (Wildman–Crippen MR) is 51.6 cm³/mol. The van der Waals surface area contributed by atoms with Gasteiger partial charge >= 0.3 is 0 Å². The van der Waals surface area contributed by atoms with E-state index in [0.29, 0.717) is 0 Å². The summed E-state index contributed by atoms with van der Waals surface area (Å²) in [6.07, 6.45) is 5.95. The molecule has 0 bridgehead atoms. The summed E-state index contributed by atoms with van der Waals surface area (Å²) >= 11 is 0. The molecule has 1 heteroatoms. The lowest BCUT2D eigenvalue weighted by Crippen LogP contribution is -1.88. The lowest BCUT2D eigenvalue weighted by atomic mass is 10.1. The highest BCUT2D eigenvalue weighted by Crippen LogP contribution is 2.21. The quantitative estimate of drug-likeness (QED) is 0.594. The van der Waals surface area contributed by atoms with Crippen LogP contribution in [0.3, 0.4) is 0 Å². The summed E-state index contributed by atoms with van der Waals surface area (Å²) in [5.74, 6) is 0. The molecular weight excluding hydrogens is 146 g/mol.